The lowest BCUT2D eigenvalue weighted by molar-refractivity contribution is 0.0590. The largest absolute Gasteiger partial charge is 0.487 e. The Bertz CT molecular complexity index is 1320. The van der Waals surface area contributed by atoms with E-state index < -0.39 is 11.8 Å². The molecule has 4 rings (SSSR count). The van der Waals surface area contributed by atoms with E-state index in [2.05, 4.69) is 4.98 Å². The molecule has 0 fully saturated rings. The third-order valence-corrected chi connectivity index (χ3v) is 6.51. The lowest BCUT2D eigenvalue weighted by Crippen LogP contribution is -2.10. The lowest BCUT2D eigenvalue weighted by atomic mass is 10.1. The van der Waals surface area contributed by atoms with Gasteiger partial charge < -0.3 is 9.47 Å². The maximum Gasteiger partial charge on any atom is 0.344 e. The van der Waals surface area contributed by atoms with Gasteiger partial charge >= 0.3 is 5.97 Å². The summed E-state index contributed by atoms with van der Waals surface area (Å²) in [7, 11) is 1.31. The predicted molar refractivity (Wildman–Crippen MR) is 130 cm³/mol. The highest BCUT2D eigenvalue weighted by Crippen LogP contribution is 2.38. The molecule has 0 aliphatic heterocycles. The molecule has 8 heteroatoms. The highest BCUT2D eigenvalue weighted by atomic mass is 35.5. The van der Waals surface area contributed by atoms with Gasteiger partial charge in [-0.05, 0) is 47.5 Å². The van der Waals surface area contributed by atoms with Crippen molar-refractivity contribution >= 4 is 51.8 Å². The molecule has 0 unspecified atom stereocenters. The number of benzene rings is 3. The van der Waals surface area contributed by atoms with Gasteiger partial charge in [0.25, 0.3) is 0 Å². The van der Waals surface area contributed by atoms with Crippen molar-refractivity contribution in [2.75, 3.05) is 7.11 Å². The Labute approximate surface area is 204 Å². The number of thioether (sulfide) groups is 1. The number of rotatable bonds is 7. The Morgan fingerprint density at radius 1 is 1.06 bits per heavy atom. The highest BCUT2D eigenvalue weighted by molar-refractivity contribution is 7.98. The Balaban J connectivity index is 1.75. The van der Waals surface area contributed by atoms with Crippen LogP contribution in [0.5, 0.6) is 5.75 Å². The molecule has 1 heterocycles. The van der Waals surface area contributed by atoms with Crippen molar-refractivity contribution < 1.29 is 18.7 Å². The monoisotopic (exact) mass is 501 g/mol. The van der Waals surface area contributed by atoms with Gasteiger partial charge in [-0.15, -0.1) is 11.8 Å². The van der Waals surface area contributed by atoms with E-state index in [1.54, 1.807) is 18.2 Å². The fourth-order valence-electron chi connectivity index (χ4n) is 3.22. The summed E-state index contributed by atoms with van der Waals surface area (Å²) in [6, 6.07) is 18.9. The van der Waals surface area contributed by atoms with Crippen LogP contribution < -0.4 is 4.74 Å². The molecule has 0 saturated heterocycles. The van der Waals surface area contributed by atoms with Crippen molar-refractivity contribution in [2.24, 2.45) is 0 Å². The molecule has 0 aliphatic rings. The van der Waals surface area contributed by atoms with Crippen LogP contribution in [0, 0.1) is 5.82 Å². The van der Waals surface area contributed by atoms with E-state index in [4.69, 9.17) is 32.7 Å². The molecule has 1 aromatic heterocycles. The molecule has 4 aromatic rings. The van der Waals surface area contributed by atoms with E-state index in [9.17, 15) is 9.18 Å². The fourth-order valence-corrected chi connectivity index (χ4v) is 4.68. The van der Waals surface area contributed by atoms with Crippen molar-refractivity contribution in [3.63, 3.8) is 0 Å². The third-order valence-electron chi connectivity index (χ3n) is 4.88. The summed E-state index contributed by atoms with van der Waals surface area (Å²) >= 11 is 13.5. The summed E-state index contributed by atoms with van der Waals surface area (Å²) in [5.74, 6) is -0.210. The van der Waals surface area contributed by atoms with E-state index in [0.29, 0.717) is 37.5 Å². The smallest absolute Gasteiger partial charge is 0.344 e. The minimum Gasteiger partial charge on any atom is -0.487 e. The van der Waals surface area contributed by atoms with Crippen LogP contribution >= 0.6 is 35.0 Å². The highest BCUT2D eigenvalue weighted by Gasteiger charge is 2.24. The molecular weight excluding hydrogens is 484 g/mol. The van der Waals surface area contributed by atoms with Gasteiger partial charge in [-0.1, -0.05) is 53.5 Å². The summed E-state index contributed by atoms with van der Waals surface area (Å²) in [4.78, 5) is 17.5. The summed E-state index contributed by atoms with van der Waals surface area (Å²) in [5.41, 5.74) is 2.51. The molecular formula is C25H18Cl2FNO3S. The van der Waals surface area contributed by atoms with Crippen molar-refractivity contribution in [1.82, 2.24) is 4.98 Å². The van der Waals surface area contributed by atoms with Crippen molar-refractivity contribution in [3.8, 4) is 5.75 Å². The van der Waals surface area contributed by atoms with E-state index in [1.165, 1.54) is 31.0 Å². The molecule has 0 amide bonds. The first-order chi connectivity index (χ1) is 16.0. The van der Waals surface area contributed by atoms with Gasteiger partial charge in [0, 0.05) is 21.2 Å². The number of hydrogen-bond donors (Lipinski definition) is 0. The first-order valence-electron chi connectivity index (χ1n) is 9.91. The van der Waals surface area contributed by atoms with Crippen molar-refractivity contribution in [2.45, 2.75) is 17.4 Å². The molecule has 4 nitrogen and oxygen atoms in total. The summed E-state index contributed by atoms with van der Waals surface area (Å²) in [6.07, 6.45) is 0. The second-order valence-electron chi connectivity index (χ2n) is 7.07. The second kappa shape index (κ2) is 10.4. The number of pyridine rings is 1. The number of carbonyl (C=O) groups is 1. The molecule has 0 spiro atoms. The molecule has 0 saturated carbocycles. The predicted octanol–water partition coefficient (Wildman–Crippen LogP) is 7.34. The van der Waals surface area contributed by atoms with Crippen LogP contribution in [0.1, 0.15) is 21.5 Å². The number of methoxy groups -OCH3 is 1. The average molecular weight is 502 g/mol. The molecule has 0 aliphatic carbocycles. The number of esters is 1. The SMILES string of the molecule is COC(=O)c1c(SCc2ccc(F)cc2Cl)nc2ccccc2c1OCc1ccc(Cl)cc1. The Hall–Kier alpha value is -2.80. The van der Waals surface area contributed by atoms with E-state index >= 15 is 0 Å². The Kier molecular flexibility index (Phi) is 7.38. The number of ether oxygens (including phenoxy) is 2. The van der Waals surface area contributed by atoms with Gasteiger partial charge in [-0.3, -0.25) is 0 Å². The summed E-state index contributed by atoms with van der Waals surface area (Å²) in [6.45, 7) is 0.225. The lowest BCUT2D eigenvalue weighted by Gasteiger charge is -2.16. The topological polar surface area (TPSA) is 48.4 Å². The van der Waals surface area contributed by atoms with Crippen LogP contribution in [-0.4, -0.2) is 18.1 Å². The first-order valence-corrected chi connectivity index (χ1v) is 11.7. The maximum absolute atomic E-state index is 13.4. The van der Waals surface area contributed by atoms with E-state index in [-0.39, 0.29) is 12.2 Å². The zero-order valence-electron chi connectivity index (χ0n) is 17.5. The fraction of sp³-hybridized carbons (Fsp3) is 0.120. The van der Waals surface area contributed by atoms with E-state index in [1.807, 2.05) is 36.4 Å². The van der Waals surface area contributed by atoms with Crippen LogP contribution in [0.25, 0.3) is 10.9 Å². The molecule has 0 N–H and O–H groups in total. The van der Waals surface area contributed by atoms with Gasteiger partial charge in [-0.25, -0.2) is 14.2 Å². The standard InChI is InChI=1S/C25H18Cl2FNO3S/c1-31-25(30)22-23(32-13-15-6-9-17(26)10-7-15)19-4-2-3-5-21(19)29-24(22)33-14-16-8-11-18(28)12-20(16)27/h2-12H,13-14H2,1H3. The second-order valence-corrected chi connectivity index (χ2v) is 8.88. The van der Waals surface area contributed by atoms with Crippen molar-refractivity contribution in [1.29, 1.82) is 0 Å². The Morgan fingerprint density at radius 2 is 1.82 bits per heavy atom. The van der Waals surface area contributed by atoms with Gasteiger partial charge in [0.05, 0.1) is 12.6 Å². The molecule has 0 radical (unpaired) electrons. The molecule has 0 bridgehead atoms. The average Bonchev–Trinajstić information content (AvgIpc) is 2.82. The Morgan fingerprint density at radius 3 is 2.55 bits per heavy atom. The third kappa shape index (κ3) is 5.41. The van der Waals surface area contributed by atoms with Gasteiger partial charge in [0.1, 0.15) is 28.8 Å². The van der Waals surface area contributed by atoms with Gasteiger partial charge in [-0.2, -0.15) is 0 Å². The number of halogens is 3. The minimum atomic E-state index is -0.563. The van der Waals surface area contributed by atoms with Crippen LogP contribution in [0.15, 0.2) is 71.8 Å². The maximum atomic E-state index is 13.4. The van der Waals surface area contributed by atoms with E-state index in [0.717, 1.165) is 11.1 Å². The number of fused-ring (bicyclic) bond motifs is 1. The number of aromatic nitrogens is 1. The van der Waals surface area contributed by atoms with Crippen LogP contribution in [0.2, 0.25) is 10.0 Å². The number of carbonyl (C=O) groups excluding carboxylic acids is 1. The summed E-state index contributed by atoms with van der Waals surface area (Å²) in [5, 5.41) is 2.06. The first kappa shape index (κ1) is 23.4. The number of para-hydroxylation sites is 1. The normalized spacial score (nSPS) is 10.9. The van der Waals surface area contributed by atoms with Gasteiger partial charge in [0.15, 0.2) is 0 Å². The van der Waals surface area contributed by atoms with Crippen LogP contribution in [0.4, 0.5) is 4.39 Å². The number of nitrogens with zero attached hydrogens (tertiary/aromatic N) is 1. The molecule has 33 heavy (non-hydrogen) atoms. The van der Waals surface area contributed by atoms with Crippen molar-refractivity contribution in [3.05, 3.63) is 99.3 Å². The molecule has 0 atom stereocenters. The van der Waals surface area contributed by atoms with Gasteiger partial charge in [0.2, 0.25) is 0 Å². The zero-order valence-corrected chi connectivity index (χ0v) is 19.8. The van der Waals surface area contributed by atoms with Crippen LogP contribution in [-0.2, 0) is 17.1 Å². The molecule has 3 aromatic carbocycles. The minimum absolute atomic E-state index is 0.225. The quantitative estimate of drug-likeness (QED) is 0.196. The van der Waals surface area contributed by atoms with Crippen LogP contribution in [0.3, 0.4) is 0 Å². The molecule has 168 valence electrons. The summed E-state index contributed by atoms with van der Waals surface area (Å²) < 4.78 is 24.6. The zero-order chi connectivity index (χ0) is 23.4. The number of hydrogen-bond acceptors (Lipinski definition) is 5.